The Morgan fingerprint density at radius 3 is 2.16 bits per heavy atom. The maximum atomic E-state index is 14.0. The first kappa shape index (κ1) is 25.1. The van der Waals surface area contributed by atoms with Crippen LogP contribution < -0.4 is 19.9 Å². The summed E-state index contributed by atoms with van der Waals surface area (Å²) in [5.41, 5.74) is 4.46. The first-order chi connectivity index (χ1) is 18.5. The van der Waals surface area contributed by atoms with Gasteiger partial charge in [0, 0.05) is 18.3 Å². The fraction of sp³-hybridized carbons (Fsp3) is 0.188. The van der Waals surface area contributed by atoms with E-state index in [2.05, 4.69) is 22.3 Å². The predicted octanol–water partition coefficient (Wildman–Crippen LogP) is 5.96. The van der Waals surface area contributed by atoms with Crippen molar-refractivity contribution in [1.29, 1.82) is 0 Å². The van der Waals surface area contributed by atoms with Gasteiger partial charge in [-0.05, 0) is 61.4 Å². The van der Waals surface area contributed by atoms with Crippen LogP contribution in [-0.4, -0.2) is 24.5 Å². The average molecular weight is 506 g/mol. The molecule has 1 aliphatic heterocycles. The zero-order chi connectivity index (χ0) is 26.5. The summed E-state index contributed by atoms with van der Waals surface area (Å²) in [5.74, 6) is 0.380. The molecule has 4 aromatic rings. The molecule has 192 valence electrons. The SMILES string of the molecule is CC(C)NC(=O)COc1ccc([C@@H]2N(Cc3ccccc3)c3ccccc3C(=O)N2c2ccccc2)cc1. The number of fused-ring (bicyclic) bond motifs is 1. The Balaban J connectivity index is 1.54. The first-order valence-electron chi connectivity index (χ1n) is 12.8. The van der Waals surface area contributed by atoms with Crippen molar-refractivity contribution < 1.29 is 14.3 Å². The van der Waals surface area contributed by atoms with Crippen LogP contribution in [0.5, 0.6) is 5.75 Å². The van der Waals surface area contributed by atoms with Crippen molar-refractivity contribution in [3.8, 4) is 5.75 Å². The number of hydrogen-bond donors (Lipinski definition) is 1. The number of ether oxygens (including phenoxy) is 1. The van der Waals surface area contributed by atoms with Crippen LogP contribution in [-0.2, 0) is 11.3 Å². The topological polar surface area (TPSA) is 61.9 Å². The Kier molecular flexibility index (Phi) is 7.40. The van der Waals surface area contributed by atoms with Crippen LogP contribution in [0.15, 0.2) is 109 Å². The molecule has 0 unspecified atom stereocenters. The Labute approximate surface area is 223 Å². The van der Waals surface area contributed by atoms with Crippen molar-refractivity contribution in [3.05, 3.63) is 126 Å². The molecular formula is C32H31N3O3. The first-order valence-corrected chi connectivity index (χ1v) is 12.8. The molecule has 0 bridgehead atoms. The number of nitrogens with zero attached hydrogens (tertiary/aromatic N) is 2. The Morgan fingerprint density at radius 1 is 0.842 bits per heavy atom. The van der Waals surface area contributed by atoms with Gasteiger partial charge in [-0.15, -0.1) is 0 Å². The number of para-hydroxylation sites is 2. The molecule has 1 N–H and O–H groups in total. The Hall–Kier alpha value is -4.58. The summed E-state index contributed by atoms with van der Waals surface area (Å²) in [6.45, 7) is 4.39. The second kappa shape index (κ2) is 11.2. The standard InChI is InChI=1S/C32H31N3O3/c1-23(2)33-30(36)22-38-27-19-17-25(18-20-27)31-34(21-24-11-5-3-6-12-24)29-16-10-9-15-28(29)32(37)35(31)26-13-7-4-8-14-26/h3-20,23,31H,21-22H2,1-2H3,(H,33,36)/t31-/m1/s1. The Bertz CT molecular complexity index is 1390. The van der Waals surface area contributed by atoms with Crippen molar-refractivity contribution in [1.82, 2.24) is 5.32 Å². The molecule has 6 nitrogen and oxygen atoms in total. The quantitative estimate of drug-likeness (QED) is 0.321. The van der Waals surface area contributed by atoms with Gasteiger partial charge in [0.1, 0.15) is 11.9 Å². The van der Waals surface area contributed by atoms with Gasteiger partial charge >= 0.3 is 0 Å². The van der Waals surface area contributed by atoms with Crippen LogP contribution in [0.25, 0.3) is 0 Å². The highest BCUT2D eigenvalue weighted by Crippen LogP contribution is 2.42. The normalized spacial score (nSPS) is 14.8. The summed E-state index contributed by atoms with van der Waals surface area (Å²) in [7, 11) is 0. The van der Waals surface area contributed by atoms with Gasteiger partial charge in [0.05, 0.1) is 11.3 Å². The number of carbonyl (C=O) groups is 2. The van der Waals surface area contributed by atoms with Crippen molar-refractivity contribution in [2.75, 3.05) is 16.4 Å². The maximum absolute atomic E-state index is 14.0. The van der Waals surface area contributed by atoms with Crippen LogP contribution in [0, 0.1) is 0 Å². The molecule has 0 saturated carbocycles. The van der Waals surface area contributed by atoms with Gasteiger partial charge in [-0.25, -0.2) is 0 Å². The lowest BCUT2D eigenvalue weighted by Crippen LogP contribution is -2.49. The molecule has 38 heavy (non-hydrogen) atoms. The van der Waals surface area contributed by atoms with E-state index < -0.39 is 6.17 Å². The fourth-order valence-electron chi connectivity index (χ4n) is 4.79. The minimum atomic E-state index is -0.390. The van der Waals surface area contributed by atoms with Crippen LogP contribution in [0.4, 0.5) is 11.4 Å². The van der Waals surface area contributed by atoms with E-state index in [0.29, 0.717) is 17.9 Å². The average Bonchev–Trinajstić information content (AvgIpc) is 2.94. The minimum absolute atomic E-state index is 0.0493. The number of carbonyl (C=O) groups excluding carboxylic acids is 2. The van der Waals surface area contributed by atoms with Gasteiger partial charge in [-0.2, -0.15) is 0 Å². The van der Waals surface area contributed by atoms with E-state index in [0.717, 1.165) is 22.5 Å². The van der Waals surface area contributed by atoms with Crippen molar-refractivity contribution in [2.24, 2.45) is 0 Å². The number of amides is 2. The molecule has 5 rings (SSSR count). The molecule has 4 aromatic carbocycles. The van der Waals surface area contributed by atoms with Gasteiger partial charge in [0.15, 0.2) is 6.61 Å². The molecular weight excluding hydrogens is 474 g/mol. The van der Waals surface area contributed by atoms with Crippen LogP contribution in [0.1, 0.15) is 41.5 Å². The van der Waals surface area contributed by atoms with Crippen LogP contribution in [0.3, 0.4) is 0 Å². The third-order valence-electron chi connectivity index (χ3n) is 6.43. The lowest BCUT2D eigenvalue weighted by molar-refractivity contribution is -0.123. The van der Waals surface area contributed by atoms with Gasteiger partial charge < -0.3 is 15.0 Å². The molecule has 0 aliphatic carbocycles. The lowest BCUT2D eigenvalue weighted by atomic mass is 9.99. The van der Waals surface area contributed by atoms with Gasteiger partial charge in [0.25, 0.3) is 11.8 Å². The highest BCUT2D eigenvalue weighted by molar-refractivity contribution is 6.12. The molecule has 0 saturated heterocycles. The number of rotatable bonds is 8. The van der Waals surface area contributed by atoms with Crippen LogP contribution >= 0.6 is 0 Å². The van der Waals surface area contributed by atoms with Gasteiger partial charge in [-0.1, -0.05) is 72.8 Å². The lowest BCUT2D eigenvalue weighted by Gasteiger charge is -2.46. The summed E-state index contributed by atoms with van der Waals surface area (Å²) in [6, 6.07) is 35.5. The van der Waals surface area contributed by atoms with E-state index in [1.54, 1.807) is 0 Å². The number of benzene rings is 4. The van der Waals surface area contributed by atoms with E-state index in [9.17, 15) is 9.59 Å². The fourth-order valence-corrected chi connectivity index (χ4v) is 4.79. The molecule has 0 aromatic heterocycles. The number of nitrogens with one attached hydrogen (secondary N) is 1. The van der Waals surface area contributed by atoms with Crippen molar-refractivity contribution in [2.45, 2.75) is 32.6 Å². The summed E-state index contributed by atoms with van der Waals surface area (Å²) < 4.78 is 5.72. The number of anilines is 2. The molecule has 0 fully saturated rings. The maximum Gasteiger partial charge on any atom is 0.262 e. The highest BCUT2D eigenvalue weighted by Gasteiger charge is 2.39. The molecule has 0 radical (unpaired) electrons. The van der Waals surface area contributed by atoms with E-state index in [1.165, 1.54) is 0 Å². The monoisotopic (exact) mass is 505 g/mol. The van der Waals surface area contributed by atoms with Crippen LogP contribution in [0.2, 0.25) is 0 Å². The molecule has 1 atom stereocenters. The second-order valence-electron chi connectivity index (χ2n) is 9.59. The molecule has 1 aliphatic rings. The predicted molar refractivity (Wildman–Crippen MR) is 150 cm³/mol. The number of hydrogen-bond acceptors (Lipinski definition) is 4. The third-order valence-corrected chi connectivity index (χ3v) is 6.43. The zero-order valence-electron chi connectivity index (χ0n) is 21.6. The van der Waals surface area contributed by atoms with E-state index in [1.807, 2.05) is 116 Å². The molecule has 6 heteroatoms. The Morgan fingerprint density at radius 2 is 1.47 bits per heavy atom. The van der Waals surface area contributed by atoms with Crippen molar-refractivity contribution in [3.63, 3.8) is 0 Å². The summed E-state index contributed by atoms with van der Waals surface area (Å²) in [6.07, 6.45) is -0.390. The molecule has 2 amide bonds. The molecule has 0 spiro atoms. The molecule has 1 heterocycles. The minimum Gasteiger partial charge on any atom is -0.484 e. The highest BCUT2D eigenvalue weighted by atomic mass is 16.5. The largest absolute Gasteiger partial charge is 0.484 e. The van der Waals surface area contributed by atoms with Gasteiger partial charge in [-0.3, -0.25) is 14.5 Å². The summed E-state index contributed by atoms with van der Waals surface area (Å²) >= 11 is 0. The third kappa shape index (κ3) is 5.39. The van der Waals surface area contributed by atoms with Crippen molar-refractivity contribution >= 4 is 23.2 Å². The summed E-state index contributed by atoms with van der Waals surface area (Å²) in [4.78, 5) is 30.1. The van der Waals surface area contributed by atoms with E-state index in [4.69, 9.17) is 4.74 Å². The smallest absolute Gasteiger partial charge is 0.262 e. The van der Waals surface area contributed by atoms with E-state index in [-0.39, 0.29) is 24.5 Å². The zero-order valence-corrected chi connectivity index (χ0v) is 21.6. The van der Waals surface area contributed by atoms with Gasteiger partial charge in [0.2, 0.25) is 0 Å². The second-order valence-corrected chi connectivity index (χ2v) is 9.59. The summed E-state index contributed by atoms with van der Waals surface area (Å²) in [5, 5.41) is 2.83. The van der Waals surface area contributed by atoms with E-state index >= 15 is 0 Å².